The van der Waals surface area contributed by atoms with Gasteiger partial charge in [-0.25, -0.2) is 4.98 Å². The molecule has 0 saturated carbocycles. The van der Waals surface area contributed by atoms with Crippen molar-refractivity contribution in [2.24, 2.45) is 0 Å². The van der Waals surface area contributed by atoms with Crippen LogP contribution < -0.4 is 5.32 Å². The first-order valence-electron chi connectivity index (χ1n) is 4.57. The fourth-order valence-corrected chi connectivity index (χ4v) is 2.73. The van der Waals surface area contributed by atoms with Gasteiger partial charge in [-0.15, -0.1) is 22.7 Å². The van der Waals surface area contributed by atoms with Crippen molar-refractivity contribution in [3.8, 4) is 11.3 Å². The number of aliphatic hydroxyl groups is 1. The van der Waals surface area contributed by atoms with Crippen LogP contribution in [-0.2, 0) is 0 Å². The van der Waals surface area contributed by atoms with Crippen LogP contribution in [-0.4, -0.2) is 22.5 Å². The molecule has 2 N–H and O–H groups in total. The third kappa shape index (κ3) is 3.14. The molecule has 0 bridgehead atoms. The Hall–Kier alpha value is -0.830. The molecule has 1 atom stereocenters. The molecule has 0 aliphatic rings. The molecule has 0 saturated heterocycles. The van der Waals surface area contributed by atoms with E-state index < -0.39 is 12.4 Å². The Labute approximate surface area is 113 Å². The highest BCUT2D eigenvalue weighted by molar-refractivity contribution is 7.15. The Morgan fingerprint density at radius 2 is 2.06 bits per heavy atom. The van der Waals surface area contributed by atoms with Gasteiger partial charge in [0.2, 0.25) is 6.23 Å². The van der Waals surface area contributed by atoms with Crippen molar-refractivity contribution >= 4 is 39.4 Å². The van der Waals surface area contributed by atoms with Crippen LogP contribution in [0.2, 0.25) is 4.34 Å². The van der Waals surface area contributed by atoms with Gasteiger partial charge in [0.25, 0.3) is 0 Å². The number of aromatic nitrogens is 1. The second-order valence-electron chi connectivity index (χ2n) is 3.27. The van der Waals surface area contributed by atoms with Gasteiger partial charge in [0.1, 0.15) is 0 Å². The maximum Gasteiger partial charge on any atom is 0.433 e. The Morgan fingerprint density at radius 1 is 1.33 bits per heavy atom. The third-order valence-electron chi connectivity index (χ3n) is 1.94. The van der Waals surface area contributed by atoms with E-state index >= 15 is 0 Å². The molecule has 18 heavy (non-hydrogen) atoms. The molecule has 2 aromatic heterocycles. The van der Waals surface area contributed by atoms with Gasteiger partial charge in [0.15, 0.2) is 5.13 Å². The molecule has 2 heterocycles. The molecule has 0 spiro atoms. The van der Waals surface area contributed by atoms with Crippen LogP contribution in [0.25, 0.3) is 11.3 Å². The molecule has 0 amide bonds. The van der Waals surface area contributed by atoms with Crippen molar-refractivity contribution in [2.45, 2.75) is 12.4 Å². The minimum Gasteiger partial charge on any atom is -0.366 e. The molecule has 0 fully saturated rings. The van der Waals surface area contributed by atoms with E-state index in [1.165, 1.54) is 11.3 Å². The summed E-state index contributed by atoms with van der Waals surface area (Å²) in [6.45, 7) is 0. The Balaban J connectivity index is 2.12. The Morgan fingerprint density at radius 3 is 2.61 bits per heavy atom. The number of hydrogen-bond donors (Lipinski definition) is 2. The molecule has 2 aromatic rings. The van der Waals surface area contributed by atoms with Crippen molar-refractivity contribution in [1.29, 1.82) is 0 Å². The second kappa shape index (κ2) is 5.04. The molecule has 0 radical (unpaired) electrons. The normalized spacial score (nSPS) is 13.6. The van der Waals surface area contributed by atoms with Crippen molar-refractivity contribution in [3.05, 3.63) is 21.2 Å². The topological polar surface area (TPSA) is 45.1 Å². The van der Waals surface area contributed by atoms with E-state index in [0.717, 1.165) is 16.9 Å². The fourth-order valence-electron chi connectivity index (χ4n) is 1.12. The number of rotatable bonds is 3. The molecule has 2 rings (SSSR count). The van der Waals surface area contributed by atoms with Gasteiger partial charge in [-0.1, -0.05) is 11.6 Å². The quantitative estimate of drug-likeness (QED) is 0.847. The number of alkyl halides is 3. The summed E-state index contributed by atoms with van der Waals surface area (Å²) >= 11 is 8.04. The van der Waals surface area contributed by atoms with E-state index in [-0.39, 0.29) is 5.13 Å². The molecular formula is C9H6ClF3N2OS2. The van der Waals surface area contributed by atoms with Crippen molar-refractivity contribution in [3.63, 3.8) is 0 Å². The molecule has 1 unspecified atom stereocenters. The summed E-state index contributed by atoms with van der Waals surface area (Å²) in [4.78, 5) is 3.94. The van der Waals surface area contributed by atoms with Crippen LogP contribution in [0.4, 0.5) is 18.3 Å². The van der Waals surface area contributed by atoms with E-state index in [9.17, 15) is 13.2 Å². The number of aliphatic hydroxyl groups excluding tert-OH is 1. The predicted molar refractivity (Wildman–Crippen MR) is 66.1 cm³/mol. The van der Waals surface area contributed by atoms with Crippen LogP contribution >= 0.6 is 34.3 Å². The van der Waals surface area contributed by atoms with Crippen LogP contribution in [0.15, 0.2) is 16.8 Å². The minimum atomic E-state index is -4.72. The standard InChI is InChI=1S/C9H6ClF3N2OS2/c10-6-1-4(2-17-6)5-3-18-8(14-5)15-7(16)9(11,12)13/h1-3,7,16H,(H,14,15). The van der Waals surface area contributed by atoms with Gasteiger partial charge in [-0.3, -0.25) is 0 Å². The van der Waals surface area contributed by atoms with Gasteiger partial charge >= 0.3 is 6.18 Å². The molecule has 9 heteroatoms. The molecule has 98 valence electrons. The molecule has 0 aliphatic heterocycles. The zero-order chi connectivity index (χ0) is 13.3. The zero-order valence-electron chi connectivity index (χ0n) is 8.53. The van der Waals surface area contributed by atoms with E-state index in [1.807, 2.05) is 5.32 Å². The molecular weight excluding hydrogens is 309 g/mol. The summed E-state index contributed by atoms with van der Waals surface area (Å²) in [6.07, 6.45) is -7.35. The monoisotopic (exact) mass is 314 g/mol. The maximum absolute atomic E-state index is 12.1. The van der Waals surface area contributed by atoms with Crippen LogP contribution in [0.5, 0.6) is 0 Å². The van der Waals surface area contributed by atoms with E-state index in [1.54, 1.807) is 16.8 Å². The highest BCUT2D eigenvalue weighted by Gasteiger charge is 2.38. The third-order valence-corrected chi connectivity index (χ3v) is 3.80. The first-order valence-corrected chi connectivity index (χ1v) is 6.71. The molecule has 0 aromatic carbocycles. The highest BCUT2D eigenvalue weighted by Crippen LogP contribution is 2.31. The SMILES string of the molecule is OC(Nc1nc(-c2csc(Cl)c2)cs1)C(F)(F)F. The van der Waals surface area contributed by atoms with Gasteiger partial charge in [0, 0.05) is 16.3 Å². The molecule has 0 aliphatic carbocycles. The van der Waals surface area contributed by atoms with Gasteiger partial charge in [-0.05, 0) is 6.07 Å². The van der Waals surface area contributed by atoms with Crippen LogP contribution in [0.1, 0.15) is 0 Å². The lowest BCUT2D eigenvalue weighted by molar-refractivity contribution is -0.194. The van der Waals surface area contributed by atoms with Crippen molar-refractivity contribution in [2.75, 3.05) is 5.32 Å². The lowest BCUT2D eigenvalue weighted by atomic mass is 10.3. The predicted octanol–water partition coefficient (Wildman–Crippen LogP) is 3.82. The summed E-state index contributed by atoms with van der Waals surface area (Å²) in [5.74, 6) is 0. The average molecular weight is 315 g/mol. The lowest BCUT2D eigenvalue weighted by Gasteiger charge is -2.14. The van der Waals surface area contributed by atoms with Gasteiger partial charge < -0.3 is 10.4 Å². The minimum absolute atomic E-state index is 0.00264. The van der Waals surface area contributed by atoms with Crippen LogP contribution in [0, 0.1) is 0 Å². The first-order chi connectivity index (χ1) is 8.36. The number of hydrogen-bond acceptors (Lipinski definition) is 5. The lowest BCUT2D eigenvalue weighted by Crippen LogP contribution is -2.35. The fraction of sp³-hybridized carbons (Fsp3) is 0.222. The number of thiophene rings is 1. The van der Waals surface area contributed by atoms with Crippen molar-refractivity contribution < 1.29 is 18.3 Å². The Bertz CT molecular complexity index is 540. The number of halogens is 4. The van der Waals surface area contributed by atoms with E-state index in [4.69, 9.17) is 16.7 Å². The number of anilines is 1. The summed E-state index contributed by atoms with van der Waals surface area (Å²) < 4.78 is 36.9. The Kier molecular flexibility index (Phi) is 3.81. The number of thiazole rings is 1. The maximum atomic E-state index is 12.1. The van der Waals surface area contributed by atoms with Crippen LogP contribution in [0.3, 0.4) is 0 Å². The van der Waals surface area contributed by atoms with Gasteiger partial charge in [-0.2, -0.15) is 13.2 Å². The number of nitrogens with one attached hydrogen (secondary N) is 1. The van der Waals surface area contributed by atoms with Crippen molar-refractivity contribution in [1.82, 2.24) is 4.98 Å². The zero-order valence-corrected chi connectivity index (χ0v) is 10.9. The number of nitrogens with zero attached hydrogens (tertiary/aromatic N) is 1. The molecule has 3 nitrogen and oxygen atoms in total. The summed E-state index contributed by atoms with van der Waals surface area (Å²) in [6, 6.07) is 1.67. The first kappa shape index (κ1) is 13.6. The second-order valence-corrected chi connectivity index (χ2v) is 5.67. The van der Waals surface area contributed by atoms with E-state index in [0.29, 0.717) is 10.0 Å². The van der Waals surface area contributed by atoms with E-state index in [2.05, 4.69) is 4.98 Å². The largest absolute Gasteiger partial charge is 0.433 e. The average Bonchev–Trinajstić information content (AvgIpc) is 2.85. The summed E-state index contributed by atoms with van der Waals surface area (Å²) in [5, 5.41) is 14.1. The highest BCUT2D eigenvalue weighted by atomic mass is 35.5. The summed E-state index contributed by atoms with van der Waals surface area (Å²) in [7, 11) is 0. The van der Waals surface area contributed by atoms with Gasteiger partial charge in [0.05, 0.1) is 10.0 Å². The summed E-state index contributed by atoms with van der Waals surface area (Å²) in [5.41, 5.74) is 1.25. The smallest absolute Gasteiger partial charge is 0.366 e.